The summed E-state index contributed by atoms with van der Waals surface area (Å²) in [6.07, 6.45) is 5.00. The molecule has 0 saturated heterocycles. The number of rotatable bonds is 7. The number of hydrogen-bond acceptors (Lipinski definition) is 2. The van der Waals surface area contributed by atoms with Crippen molar-refractivity contribution in [2.75, 3.05) is 0 Å². The molecule has 0 amide bonds. The molecule has 0 bridgehead atoms. The first-order chi connectivity index (χ1) is 11.6. The molecular formula is C18H26N4O2S. The Kier molecular flexibility index (Phi) is 9.69. The average Bonchev–Trinajstić information content (AvgIpc) is 2.47. The summed E-state index contributed by atoms with van der Waals surface area (Å²) in [6, 6.07) is 7.03. The largest absolute Gasteiger partial charge is 0.478 e. The Hall–Kier alpha value is -2.20. The third-order valence-electron chi connectivity index (χ3n) is 3.00. The summed E-state index contributed by atoms with van der Waals surface area (Å²) in [5, 5.41) is 8.61. The molecule has 0 radical (unpaired) electrons. The monoisotopic (exact) mass is 362 g/mol. The molecule has 0 aliphatic rings. The zero-order chi connectivity index (χ0) is 19.5. The normalized spacial score (nSPS) is 10.6. The third-order valence-corrected chi connectivity index (χ3v) is 4.27. The lowest BCUT2D eigenvalue weighted by molar-refractivity contribution is -0.00128. The molecule has 0 fully saturated rings. The molecule has 0 saturated carbocycles. The van der Waals surface area contributed by atoms with Gasteiger partial charge >= 0.3 is 5.97 Å². The first kappa shape index (κ1) is 22.8. The fourth-order valence-corrected chi connectivity index (χ4v) is 3.67. The third kappa shape index (κ3) is 10.3. The van der Waals surface area contributed by atoms with Crippen molar-refractivity contribution < 1.29 is 19.5 Å². The molecule has 1 rings (SSSR count). The zero-order valence-corrected chi connectivity index (χ0v) is 16.2. The Balaban J connectivity index is 0.000000462. The van der Waals surface area contributed by atoms with Crippen LogP contribution in [-0.2, 0) is 6.42 Å². The molecule has 6 nitrogen and oxygen atoms in total. The molecule has 0 aliphatic carbocycles. The topological polar surface area (TPSA) is 110 Å². The Labute approximate surface area is 153 Å². The molecule has 1 aromatic carbocycles. The second-order valence-electron chi connectivity index (χ2n) is 6.55. The second-order valence-corrected chi connectivity index (χ2v) is 8.86. The number of nitrogens with zero attached hydrogens (tertiary/aromatic N) is 4. The van der Waals surface area contributed by atoms with Crippen molar-refractivity contribution in [2.45, 2.75) is 57.0 Å². The number of aryl methyl sites for hydroxylation is 1. The van der Waals surface area contributed by atoms with Crippen molar-refractivity contribution in [3.8, 4) is 0 Å². The summed E-state index contributed by atoms with van der Waals surface area (Å²) >= 11 is 1.53. The maximum atomic E-state index is 10.5. The quantitative estimate of drug-likeness (QED) is 0.445. The van der Waals surface area contributed by atoms with Crippen molar-refractivity contribution in [3.63, 3.8) is 0 Å². The Morgan fingerprint density at radius 2 is 1.52 bits per heavy atom. The number of carboxylic acids is 1. The minimum atomic E-state index is -0.863. The van der Waals surface area contributed by atoms with Gasteiger partial charge in [-0.25, -0.2) is 4.79 Å². The summed E-state index contributed by atoms with van der Waals surface area (Å²) in [6.45, 7) is 9.79. The van der Waals surface area contributed by atoms with Crippen LogP contribution in [0.3, 0.4) is 0 Å². The summed E-state index contributed by atoms with van der Waals surface area (Å²) in [7, 11) is 0. The maximum absolute atomic E-state index is 10.5. The Bertz CT molecular complexity index is 628. The highest BCUT2D eigenvalue weighted by Crippen LogP contribution is 2.33. The number of carboxylic acid groups (broad SMARTS) is 1. The number of hydrogen-bond donors (Lipinski definition) is 1. The minimum absolute atomic E-state index is 0.292. The van der Waals surface area contributed by atoms with Gasteiger partial charge in [-0.05, 0) is 51.8 Å². The second kappa shape index (κ2) is 10.6. The van der Waals surface area contributed by atoms with Crippen LogP contribution in [0, 0.1) is 0 Å². The van der Waals surface area contributed by atoms with Crippen LogP contribution >= 0.6 is 11.8 Å². The van der Waals surface area contributed by atoms with E-state index in [1.165, 1.54) is 29.8 Å². The fraction of sp³-hybridized carbons (Fsp3) is 0.500. The van der Waals surface area contributed by atoms with Gasteiger partial charge in [0.25, 0.3) is 12.4 Å². The van der Waals surface area contributed by atoms with Crippen LogP contribution in [0.25, 0.3) is 11.1 Å². The van der Waals surface area contributed by atoms with Crippen LogP contribution in [0.4, 0.5) is 0 Å². The lowest BCUT2D eigenvalue weighted by Gasteiger charge is -2.22. The molecule has 136 valence electrons. The summed E-state index contributed by atoms with van der Waals surface area (Å²) in [4.78, 5) is 16.5. The van der Waals surface area contributed by atoms with Crippen molar-refractivity contribution >= 4 is 30.2 Å². The van der Waals surface area contributed by atoms with Gasteiger partial charge in [-0.3, -0.25) is 0 Å². The van der Waals surface area contributed by atoms with E-state index in [1.54, 1.807) is 12.1 Å². The molecule has 0 spiro atoms. The molecule has 0 atom stereocenters. The van der Waals surface area contributed by atoms with Crippen LogP contribution in [0.5, 0.6) is 0 Å². The van der Waals surface area contributed by atoms with E-state index in [4.69, 9.17) is 16.2 Å². The SMILES string of the molecule is CC(C)(C=[N+]=[N-])SC(C)(C)C=[N+]=[N-].CCCc1ccc(C(=O)O)cc1. The molecular weight excluding hydrogens is 336 g/mol. The van der Waals surface area contributed by atoms with Gasteiger partial charge in [-0.1, -0.05) is 25.5 Å². The molecule has 0 heterocycles. The molecule has 0 aromatic heterocycles. The maximum Gasteiger partial charge on any atom is 0.335 e. The van der Waals surface area contributed by atoms with Gasteiger partial charge in [-0.15, -0.1) is 11.8 Å². The van der Waals surface area contributed by atoms with Gasteiger partial charge in [0.1, 0.15) is 9.49 Å². The highest BCUT2D eigenvalue weighted by Gasteiger charge is 2.32. The van der Waals surface area contributed by atoms with Crippen molar-refractivity contribution in [2.24, 2.45) is 0 Å². The van der Waals surface area contributed by atoms with E-state index < -0.39 is 5.97 Å². The van der Waals surface area contributed by atoms with E-state index >= 15 is 0 Å². The predicted molar refractivity (Wildman–Crippen MR) is 103 cm³/mol. The number of benzene rings is 1. The molecule has 0 unspecified atom stereocenters. The van der Waals surface area contributed by atoms with Gasteiger partial charge in [0.15, 0.2) is 0 Å². The zero-order valence-electron chi connectivity index (χ0n) is 15.4. The van der Waals surface area contributed by atoms with Crippen LogP contribution in [-0.4, -0.2) is 42.6 Å². The van der Waals surface area contributed by atoms with Gasteiger partial charge in [0, 0.05) is 0 Å². The first-order valence-corrected chi connectivity index (χ1v) is 8.78. The van der Waals surface area contributed by atoms with E-state index in [1.807, 2.05) is 39.8 Å². The highest BCUT2D eigenvalue weighted by molar-refractivity contribution is 8.03. The average molecular weight is 362 g/mol. The Morgan fingerprint density at radius 3 is 1.84 bits per heavy atom. The summed E-state index contributed by atoms with van der Waals surface area (Å²) in [5.74, 6) is -0.863. The van der Waals surface area contributed by atoms with E-state index in [0.29, 0.717) is 5.56 Å². The van der Waals surface area contributed by atoms with Gasteiger partial charge in [0.2, 0.25) is 0 Å². The van der Waals surface area contributed by atoms with E-state index in [0.717, 1.165) is 12.8 Å². The van der Waals surface area contributed by atoms with Crippen LogP contribution in [0.2, 0.25) is 0 Å². The van der Waals surface area contributed by atoms with Crippen LogP contribution in [0.1, 0.15) is 57.0 Å². The molecule has 0 aliphatic heterocycles. The Morgan fingerprint density at radius 1 is 1.08 bits per heavy atom. The predicted octanol–water partition coefficient (Wildman–Crippen LogP) is 4.22. The molecule has 7 heteroatoms. The van der Waals surface area contributed by atoms with Crippen LogP contribution in [0.15, 0.2) is 24.3 Å². The van der Waals surface area contributed by atoms with Gasteiger partial charge in [-0.2, -0.15) is 9.58 Å². The van der Waals surface area contributed by atoms with Crippen LogP contribution < -0.4 is 0 Å². The lowest BCUT2D eigenvalue weighted by atomic mass is 10.1. The van der Waals surface area contributed by atoms with Gasteiger partial charge < -0.3 is 16.2 Å². The van der Waals surface area contributed by atoms with E-state index in [2.05, 4.69) is 16.5 Å². The number of carbonyl (C=O) groups is 1. The van der Waals surface area contributed by atoms with Crippen molar-refractivity contribution in [1.82, 2.24) is 0 Å². The number of aromatic carboxylic acids is 1. The minimum Gasteiger partial charge on any atom is -0.478 e. The standard InChI is InChI=1S/C10H12O2.C8H14N4S/c1-2-3-8-4-6-9(7-5-8)10(11)12;1-7(2,5-11-9)13-8(3,4)6-12-10/h4-7H,2-3H2,1H3,(H,11,12);5-6H,1-4H3. The molecule has 1 aromatic rings. The highest BCUT2D eigenvalue weighted by atomic mass is 32.2. The van der Waals surface area contributed by atoms with Gasteiger partial charge in [0.05, 0.1) is 5.56 Å². The summed E-state index contributed by atoms with van der Waals surface area (Å²) in [5.41, 5.74) is 18.4. The molecule has 25 heavy (non-hydrogen) atoms. The fourth-order valence-electron chi connectivity index (χ4n) is 2.11. The first-order valence-electron chi connectivity index (χ1n) is 7.96. The van der Waals surface area contributed by atoms with Crippen molar-refractivity contribution in [3.05, 3.63) is 46.5 Å². The smallest absolute Gasteiger partial charge is 0.335 e. The van der Waals surface area contributed by atoms with E-state index in [-0.39, 0.29) is 9.49 Å². The molecule has 1 N–H and O–H groups in total. The van der Waals surface area contributed by atoms with E-state index in [9.17, 15) is 4.79 Å². The summed E-state index contributed by atoms with van der Waals surface area (Å²) < 4.78 is -0.584. The van der Waals surface area contributed by atoms with Crippen molar-refractivity contribution in [1.29, 1.82) is 0 Å². The lowest BCUT2D eigenvalue weighted by Crippen LogP contribution is -2.29. The number of thioether (sulfide) groups is 1.